The quantitative estimate of drug-likeness (QED) is 0.889. The summed E-state index contributed by atoms with van der Waals surface area (Å²) in [6.07, 6.45) is 3.39. The molecule has 1 heterocycles. The second-order valence-electron chi connectivity index (χ2n) is 4.23. The van der Waals surface area contributed by atoms with Crippen molar-refractivity contribution in [3.05, 3.63) is 58.3 Å². The second kappa shape index (κ2) is 6.59. The normalized spacial score (nSPS) is 11.8. The first-order valence-electron chi connectivity index (χ1n) is 5.99. The van der Waals surface area contributed by atoms with Crippen molar-refractivity contribution in [1.82, 2.24) is 10.3 Å². The number of urea groups is 1. The Morgan fingerprint density at radius 2 is 2.10 bits per heavy atom. The van der Waals surface area contributed by atoms with E-state index in [1.54, 1.807) is 30.6 Å². The molecule has 2 aromatic rings. The molecule has 0 unspecified atom stereocenters. The number of nitrogens with one attached hydrogen (secondary N) is 2. The Kier molecular flexibility index (Phi) is 4.82. The molecule has 1 atom stereocenters. The maximum atomic E-state index is 11.9. The number of benzene rings is 1. The molecule has 0 saturated heterocycles. The van der Waals surface area contributed by atoms with E-state index in [1.807, 2.05) is 19.1 Å². The van der Waals surface area contributed by atoms with Crippen LogP contribution in [0.1, 0.15) is 18.5 Å². The van der Waals surface area contributed by atoms with Gasteiger partial charge in [-0.25, -0.2) is 4.79 Å². The Morgan fingerprint density at radius 1 is 1.30 bits per heavy atom. The number of halogens is 2. The number of hydrogen-bond donors (Lipinski definition) is 2. The number of hydrogen-bond acceptors (Lipinski definition) is 2. The fraction of sp³-hybridized carbons (Fsp3) is 0.143. The lowest BCUT2D eigenvalue weighted by atomic mass is 10.1. The van der Waals surface area contributed by atoms with Gasteiger partial charge in [0.25, 0.3) is 0 Å². The first kappa shape index (κ1) is 14.6. The van der Waals surface area contributed by atoms with Gasteiger partial charge >= 0.3 is 6.03 Å². The van der Waals surface area contributed by atoms with Crippen LogP contribution in [-0.2, 0) is 0 Å². The zero-order valence-electron chi connectivity index (χ0n) is 10.7. The van der Waals surface area contributed by atoms with Crippen LogP contribution in [0.2, 0.25) is 10.0 Å². The molecule has 2 rings (SSSR count). The molecule has 1 aromatic carbocycles. The molecule has 0 aliphatic heterocycles. The van der Waals surface area contributed by atoms with E-state index in [1.165, 1.54) is 0 Å². The molecule has 0 fully saturated rings. The largest absolute Gasteiger partial charge is 0.331 e. The maximum absolute atomic E-state index is 11.9. The molecule has 0 saturated carbocycles. The zero-order valence-corrected chi connectivity index (χ0v) is 12.2. The van der Waals surface area contributed by atoms with Gasteiger partial charge < -0.3 is 10.6 Å². The zero-order chi connectivity index (χ0) is 14.5. The third-order valence-corrected chi connectivity index (χ3v) is 3.26. The first-order valence-corrected chi connectivity index (χ1v) is 6.74. The van der Waals surface area contributed by atoms with Crippen LogP contribution >= 0.6 is 23.2 Å². The molecular weight excluding hydrogens is 297 g/mol. The van der Waals surface area contributed by atoms with Gasteiger partial charge in [0.15, 0.2) is 0 Å². The minimum atomic E-state index is -0.342. The molecule has 4 nitrogen and oxygen atoms in total. The highest BCUT2D eigenvalue weighted by Crippen LogP contribution is 2.25. The van der Waals surface area contributed by atoms with Crippen LogP contribution in [0.4, 0.5) is 10.5 Å². The van der Waals surface area contributed by atoms with E-state index >= 15 is 0 Å². The van der Waals surface area contributed by atoms with E-state index < -0.39 is 0 Å². The number of rotatable bonds is 3. The average molecular weight is 310 g/mol. The Labute approximate surface area is 127 Å². The number of carbonyl (C=O) groups is 1. The standard InChI is InChI=1S/C14H13Cl2N3O/c1-9(10-3-2-6-17-8-10)18-14(20)19-13-5-4-11(15)7-12(13)16/h2-9H,1H3,(H2,18,19,20)/t9-/m1/s1. The van der Waals surface area contributed by atoms with Gasteiger partial charge in [0.05, 0.1) is 16.8 Å². The summed E-state index contributed by atoms with van der Waals surface area (Å²) in [6, 6.07) is 8.10. The Balaban J connectivity index is 1.99. The molecule has 1 aromatic heterocycles. The number of aromatic nitrogens is 1. The summed E-state index contributed by atoms with van der Waals surface area (Å²) >= 11 is 11.8. The van der Waals surface area contributed by atoms with Gasteiger partial charge in [-0.2, -0.15) is 0 Å². The number of nitrogens with zero attached hydrogens (tertiary/aromatic N) is 1. The third-order valence-electron chi connectivity index (χ3n) is 2.71. The van der Waals surface area contributed by atoms with Crippen LogP contribution < -0.4 is 10.6 Å². The SMILES string of the molecule is C[C@@H](NC(=O)Nc1ccc(Cl)cc1Cl)c1cccnc1. The second-order valence-corrected chi connectivity index (χ2v) is 5.07. The Bertz CT molecular complexity index is 605. The van der Waals surface area contributed by atoms with Crippen LogP contribution in [0.15, 0.2) is 42.7 Å². The topological polar surface area (TPSA) is 54.0 Å². The van der Waals surface area contributed by atoms with Crippen molar-refractivity contribution in [3.63, 3.8) is 0 Å². The Hall–Kier alpha value is -1.78. The molecule has 0 bridgehead atoms. The van der Waals surface area contributed by atoms with Crippen molar-refractivity contribution in [1.29, 1.82) is 0 Å². The highest BCUT2D eigenvalue weighted by molar-refractivity contribution is 6.36. The van der Waals surface area contributed by atoms with E-state index in [0.717, 1.165) is 5.56 Å². The van der Waals surface area contributed by atoms with E-state index in [-0.39, 0.29) is 12.1 Å². The molecule has 20 heavy (non-hydrogen) atoms. The molecule has 0 aliphatic carbocycles. The fourth-order valence-electron chi connectivity index (χ4n) is 1.66. The van der Waals surface area contributed by atoms with Gasteiger partial charge in [-0.1, -0.05) is 29.3 Å². The van der Waals surface area contributed by atoms with E-state index in [0.29, 0.717) is 15.7 Å². The van der Waals surface area contributed by atoms with Gasteiger partial charge in [-0.15, -0.1) is 0 Å². The fourth-order valence-corrected chi connectivity index (χ4v) is 2.12. The number of anilines is 1. The summed E-state index contributed by atoms with van der Waals surface area (Å²) in [6.45, 7) is 1.88. The summed E-state index contributed by atoms with van der Waals surface area (Å²) in [5.74, 6) is 0. The summed E-state index contributed by atoms with van der Waals surface area (Å²) < 4.78 is 0. The molecule has 0 aliphatic rings. The van der Waals surface area contributed by atoms with Crippen LogP contribution in [0, 0.1) is 0 Å². The molecule has 6 heteroatoms. The van der Waals surface area contributed by atoms with Crippen molar-refractivity contribution >= 4 is 34.9 Å². The van der Waals surface area contributed by atoms with Crippen molar-refractivity contribution in [2.45, 2.75) is 13.0 Å². The van der Waals surface area contributed by atoms with Gasteiger partial charge in [0.2, 0.25) is 0 Å². The average Bonchev–Trinajstić information content (AvgIpc) is 2.43. The summed E-state index contributed by atoms with van der Waals surface area (Å²) in [5.41, 5.74) is 1.43. The van der Waals surface area contributed by atoms with Crippen molar-refractivity contribution in [2.24, 2.45) is 0 Å². The van der Waals surface area contributed by atoms with Gasteiger partial charge in [-0.3, -0.25) is 4.98 Å². The monoisotopic (exact) mass is 309 g/mol. The molecule has 104 valence electrons. The minimum absolute atomic E-state index is 0.158. The smallest absolute Gasteiger partial charge is 0.319 e. The molecular formula is C14H13Cl2N3O. The van der Waals surface area contributed by atoms with Gasteiger partial charge in [-0.05, 0) is 36.8 Å². The highest BCUT2D eigenvalue weighted by atomic mass is 35.5. The predicted molar refractivity (Wildman–Crippen MR) is 81.3 cm³/mol. The van der Waals surface area contributed by atoms with E-state index in [9.17, 15) is 4.79 Å². The van der Waals surface area contributed by atoms with Crippen LogP contribution in [0.3, 0.4) is 0 Å². The molecule has 2 N–H and O–H groups in total. The summed E-state index contributed by atoms with van der Waals surface area (Å²) in [5, 5.41) is 6.39. The van der Waals surface area contributed by atoms with Crippen LogP contribution in [-0.4, -0.2) is 11.0 Å². The number of pyridine rings is 1. The van der Waals surface area contributed by atoms with Gasteiger partial charge in [0, 0.05) is 17.4 Å². The minimum Gasteiger partial charge on any atom is -0.331 e. The Morgan fingerprint density at radius 3 is 2.75 bits per heavy atom. The lowest BCUT2D eigenvalue weighted by molar-refractivity contribution is 0.249. The molecule has 0 spiro atoms. The third kappa shape index (κ3) is 3.85. The van der Waals surface area contributed by atoms with Crippen LogP contribution in [0.25, 0.3) is 0 Å². The van der Waals surface area contributed by atoms with Crippen molar-refractivity contribution in [2.75, 3.05) is 5.32 Å². The lowest BCUT2D eigenvalue weighted by Crippen LogP contribution is -2.31. The molecule has 0 radical (unpaired) electrons. The highest BCUT2D eigenvalue weighted by Gasteiger charge is 2.11. The van der Waals surface area contributed by atoms with E-state index in [4.69, 9.17) is 23.2 Å². The van der Waals surface area contributed by atoms with Crippen molar-refractivity contribution in [3.8, 4) is 0 Å². The van der Waals surface area contributed by atoms with E-state index in [2.05, 4.69) is 15.6 Å². The molecule has 2 amide bonds. The number of amides is 2. The first-order chi connectivity index (χ1) is 9.56. The summed E-state index contributed by atoms with van der Waals surface area (Å²) in [7, 11) is 0. The van der Waals surface area contributed by atoms with Crippen molar-refractivity contribution < 1.29 is 4.79 Å². The maximum Gasteiger partial charge on any atom is 0.319 e. The predicted octanol–water partition coefficient (Wildman–Crippen LogP) is 4.27. The van der Waals surface area contributed by atoms with Crippen LogP contribution in [0.5, 0.6) is 0 Å². The lowest BCUT2D eigenvalue weighted by Gasteiger charge is -2.15. The van der Waals surface area contributed by atoms with Gasteiger partial charge in [0.1, 0.15) is 0 Å². The summed E-state index contributed by atoms with van der Waals surface area (Å²) in [4.78, 5) is 15.9. The number of carbonyl (C=O) groups excluding carboxylic acids is 1.